The van der Waals surface area contributed by atoms with Crippen molar-refractivity contribution in [1.29, 1.82) is 5.41 Å². The van der Waals surface area contributed by atoms with Gasteiger partial charge in [-0.25, -0.2) is 0 Å². The van der Waals surface area contributed by atoms with Gasteiger partial charge in [0.1, 0.15) is 0 Å². The third kappa shape index (κ3) is 22.5. The van der Waals surface area contributed by atoms with Crippen LogP contribution in [0.3, 0.4) is 0 Å². The highest BCUT2D eigenvalue weighted by Gasteiger charge is 2.06. The molecule has 0 saturated carbocycles. The monoisotopic (exact) mass is 193 g/mol. The molecule has 12 heavy (non-hydrogen) atoms. The molecule has 0 aromatic carbocycles. The lowest BCUT2D eigenvalue weighted by Gasteiger charge is -2.09. The molecule has 0 fully saturated rings. The Balaban J connectivity index is 0. The SMILES string of the molecule is CC(C)(C)SO.COCCC=N. The lowest BCUT2D eigenvalue weighted by Crippen LogP contribution is -2.04. The number of hydrogen-bond acceptors (Lipinski definition) is 4. The Morgan fingerprint density at radius 1 is 1.50 bits per heavy atom. The van der Waals surface area contributed by atoms with Gasteiger partial charge >= 0.3 is 0 Å². The van der Waals surface area contributed by atoms with E-state index in [1.54, 1.807) is 7.11 Å². The summed E-state index contributed by atoms with van der Waals surface area (Å²) in [7, 11) is 1.63. The maximum atomic E-state index is 8.32. The van der Waals surface area contributed by atoms with E-state index in [1.807, 2.05) is 20.8 Å². The van der Waals surface area contributed by atoms with E-state index in [0.717, 1.165) is 18.5 Å². The summed E-state index contributed by atoms with van der Waals surface area (Å²) in [4.78, 5) is 0. The molecule has 3 nitrogen and oxygen atoms in total. The highest BCUT2D eigenvalue weighted by atomic mass is 32.2. The molecule has 0 aromatic heterocycles. The maximum Gasteiger partial charge on any atom is 0.0511 e. The van der Waals surface area contributed by atoms with Crippen LogP contribution in [0.25, 0.3) is 0 Å². The summed E-state index contributed by atoms with van der Waals surface area (Å²) in [6, 6.07) is 0. The molecule has 0 rings (SSSR count). The molecular weight excluding hydrogens is 174 g/mol. The van der Waals surface area contributed by atoms with Crippen LogP contribution in [0.2, 0.25) is 0 Å². The molecule has 0 atom stereocenters. The molecule has 0 amide bonds. The molecule has 0 radical (unpaired) electrons. The fourth-order valence-corrected chi connectivity index (χ4v) is 0.177. The number of hydrogen-bond donors (Lipinski definition) is 2. The summed E-state index contributed by atoms with van der Waals surface area (Å²) in [5.41, 5.74) is 0. The summed E-state index contributed by atoms with van der Waals surface area (Å²) in [5, 5.41) is 6.50. The molecule has 74 valence electrons. The normalized spacial score (nSPS) is 10.1. The van der Waals surface area contributed by atoms with Gasteiger partial charge in [0.25, 0.3) is 0 Å². The fraction of sp³-hybridized carbons (Fsp3) is 0.875. The van der Waals surface area contributed by atoms with Crippen LogP contribution in [-0.4, -0.2) is 29.2 Å². The quantitative estimate of drug-likeness (QED) is 0.411. The molecule has 0 heterocycles. The van der Waals surface area contributed by atoms with E-state index in [0.29, 0.717) is 6.61 Å². The van der Waals surface area contributed by atoms with Crippen molar-refractivity contribution in [1.82, 2.24) is 0 Å². The Morgan fingerprint density at radius 2 is 1.92 bits per heavy atom. The van der Waals surface area contributed by atoms with Crippen molar-refractivity contribution >= 4 is 18.3 Å². The van der Waals surface area contributed by atoms with Crippen LogP contribution in [0.15, 0.2) is 0 Å². The number of ether oxygens (including phenoxy) is 1. The third-order valence-corrected chi connectivity index (χ3v) is 1.29. The topological polar surface area (TPSA) is 53.3 Å². The van der Waals surface area contributed by atoms with Gasteiger partial charge in [-0.1, -0.05) is 0 Å². The minimum absolute atomic E-state index is 0.0139. The standard InChI is InChI=1S/C4H9NO.C4H10OS/c1-6-4-2-3-5;1-4(2,3)6-5/h3,5H,2,4H2,1H3;5H,1-3H3. The second-order valence-corrected chi connectivity index (χ2v) is 4.60. The Morgan fingerprint density at radius 3 is 2.00 bits per heavy atom. The van der Waals surface area contributed by atoms with Crippen LogP contribution in [0.5, 0.6) is 0 Å². The van der Waals surface area contributed by atoms with E-state index in [4.69, 9.17) is 9.96 Å². The highest BCUT2D eigenvalue weighted by molar-refractivity contribution is 7.95. The van der Waals surface area contributed by atoms with Gasteiger partial charge in [0.2, 0.25) is 0 Å². The maximum absolute atomic E-state index is 8.32. The molecule has 0 aromatic rings. The van der Waals surface area contributed by atoms with Crippen LogP contribution in [0.1, 0.15) is 27.2 Å². The van der Waals surface area contributed by atoms with Crippen molar-refractivity contribution in [3.05, 3.63) is 0 Å². The van der Waals surface area contributed by atoms with Crippen LogP contribution < -0.4 is 0 Å². The smallest absolute Gasteiger partial charge is 0.0511 e. The van der Waals surface area contributed by atoms with Gasteiger partial charge in [0, 0.05) is 18.3 Å². The van der Waals surface area contributed by atoms with Gasteiger partial charge in [-0.2, -0.15) is 0 Å². The van der Waals surface area contributed by atoms with Crippen molar-refractivity contribution in [2.75, 3.05) is 13.7 Å². The zero-order chi connectivity index (χ0) is 10.0. The lowest BCUT2D eigenvalue weighted by molar-refractivity contribution is 0.208. The van der Waals surface area contributed by atoms with E-state index in [-0.39, 0.29) is 4.75 Å². The Kier molecular flexibility index (Phi) is 10.9. The summed E-state index contributed by atoms with van der Waals surface area (Å²) >= 11 is 0.882. The van der Waals surface area contributed by atoms with Gasteiger partial charge in [-0.3, -0.25) is 0 Å². The zero-order valence-corrected chi connectivity index (χ0v) is 9.07. The minimum Gasteiger partial charge on any atom is -0.384 e. The summed E-state index contributed by atoms with van der Waals surface area (Å²) in [5.74, 6) is 0. The predicted octanol–water partition coefficient (Wildman–Crippen LogP) is 2.66. The molecule has 2 N–H and O–H groups in total. The molecule has 0 spiro atoms. The predicted molar refractivity (Wildman–Crippen MR) is 55.2 cm³/mol. The second-order valence-electron chi connectivity index (χ2n) is 3.19. The molecule has 0 aliphatic rings. The Hall–Kier alpha value is -0.0600. The van der Waals surface area contributed by atoms with E-state index in [2.05, 4.69) is 4.74 Å². The molecule has 0 aliphatic carbocycles. The van der Waals surface area contributed by atoms with Crippen LogP contribution in [-0.2, 0) is 4.74 Å². The zero-order valence-electron chi connectivity index (χ0n) is 8.26. The van der Waals surface area contributed by atoms with E-state index in [9.17, 15) is 0 Å². The van der Waals surface area contributed by atoms with Crippen molar-refractivity contribution in [2.24, 2.45) is 0 Å². The number of methoxy groups -OCH3 is 1. The van der Waals surface area contributed by atoms with Crippen molar-refractivity contribution in [3.8, 4) is 0 Å². The summed E-state index contributed by atoms with van der Waals surface area (Å²) in [6.07, 6.45) is 2.07. The Bertz CT molecular complexity index is 102. The summed E-state index contributed by atoms with van der Waals surface area (Å²) in [6.45, 7) is 6.54. The molecule has 0 aliphatic heterocycles. The minimum atomic E-state index is 0.0139. The number of rotatable bonds is 3. The first-order valence-corrected chi connectivity index (χ1v) is 4.55. The first-order valence-electron chi connectivity index (χ1n) is 3.78. The van der Waals surface area contributed by atoms with Gasteiger partial charge < -0.3 is 14.7 Å². The van der Waals surface area contributed by atoms with E-state index >= 15 is 0 Å². The van der Waals surface area contributed by atoms with E-state index < -0.39 is 0 Å². The average Bonchev–Trinajstić information content (AvgIpc) is 2.01. The van der Waals surface area contributed by atoms with Crippen LogP contribution in [0, 0.1) is 5.41 Å². The van der Waals surface area contributed by atoms with Gasteiger partial charge in [0.05, 0.1) is 6.61 Å². The second kappa shape index (κ2) is 9.03. The number of nitrogens with one attached hydrogen (secondary N) is 1. The van der Waals surface area contributed by atoms with Crippen LogP contribution in [0.4, 0.5) is 0 Å². The third-order valence-electron chi connectivity index (χ3n) is 0.740. The molecule has 0 bridgehead atoms. The van der Waals surface area contributed by atoms with Crippen molar-refractivity contribution in [2.45, 2.75) is 31.9 Å². The Labute approximate surface area is 79.2 Å². The van der Waals surface area contributed by atoms with Crippen LogP contribution >= 0.6 is 12.0 Å². The first-order chi connectivity index (χ1) is 5.47. The summed E-state index contributed by atoms with van der Waals surface area (Å²) < 4.78 is 13.0. The fourth-order valence-electron chi connectivity index (χ4n) is 0.177. The molecule has 4 heteroatoms. The van der Waals surface area contributed by atoms with Gasteiger partial charge in [-0.05, 0) is 39.0 Å². The lowest BCUT2D eigenvalue weighted by atomic mass is 10.3. The van der Waals surface area contributed by atoms with Gasteiger partial charge in [0.15, 0.2) is 0 Å². The average molecular weight is 193 g/mol. The molecule has 0 saturated heterocycles. The largest absolute Gasteiger partial charge is 0.384 e. The highest BCUT2D eigenvalue weighted by Crippen LogP contribution is 2.17. The first kappa shape index (κ1) is 14.5. The van der Waals surface area contributed by atoms with Crippen molar-refractivity contribution in [3.63, 3.8) is 0 Å². The van der Waals surface area contributed by atoms with E-state index in [1.165, 1.54) is 6.21 Å². The molecular formula is C8H19NO2S. The van der Waals surface area contributed by atoms with Gasteiger partial charge in [-0.15, -0.1) is 0 Å². The molecule has 0 unspecified atom stereocenters. The van der Waals surface area contributed by atoms with Crippen molar-refractivity contribution < 1.29 is 9.29 Å².